The number of benzene rings is 8. The smallest absolute Gasteiger partial charge is 0.145 e. The molecule has 3 heteroatoms. The van der Waals surface area contributed by atoms with Crippen molar-refractivity contribution in [1.82, 2.24) is 0 Å². The first-order valence-electron chi connectivity index (χ1n) is 18.6. The Hall–Kier alpha value is -6.84. The van der Waals surface area contributed by atoms with Crippen molar-refractivity contribution in [1.29, 1.82) is 0 Å². The first-order chi connectivity index (χ1) is 26.6. The van der Waals surface area contributed by atoms with Crippen LogP contribution in [0.3, 0.4) is 0 Å². The maximum Gasteiger partial charge on any atom is 0.145 e. The Labute approximate surface area is 313 Å². The zero-order valence-corrected chi connectivity index (χ0v) is 30.0. The van der Waals surface area contributed by atoms with Crippen LogP contribution in [0.2, 0.25) is 0 Å². The van der Waals surface area contributed by atoms with E-state index in [0.29, 0.717) is 0 Å². The first-order valence-corrected chi connectivity index (χ1v) is 18.6. The summed E-state index contributed by atoms with van der Waals surface area (Å²) in [4.78, 5) is 2.44. The van der Waals surface area contributed by atoms with Gasteiger partial charge in [-0.1, -0.05) is 141 Å². The number of anilines is 3. The van der Waals surface area contributed by atoms with Gasteiger partial charge in [-0.25, -0.2) is 0 Å². The minimum atomic E-state index is -0.198. The SMILES string of the molecule is CC1(C)c2ccccc2-c2cccc(N(c3ccccc3)c3ccc(-c4cccc(-c5cccc6c5oc5ccccc56)c4)c4oc5ccccc5c34)c21. The van der Waals surface area contributed by atoms with Crippen molar-refractivity contribution < 1.29 is 8.83 Å². The van der Waals surface area contributed by atoms with Crippen LogP contribution in [0.1, 0.15) is 25.0 Å². The summed E-state index contributed by atoms with van der Waals surface area (Å²) >= 11 is 0. The molecule has 0 aliphatic heterocycles. The average Bonchev–Trinajstić information content (AvgIpc) is 3.87. The summed E-state index contributed by atoms with van der Waals surface area (Å²) in [6.07, 6.45) is 0. The number of hydrogen-bond acceptors (Lipinski definition) is 3. The molecule has 0 radical (unpaired) electrons. The lowest BCUT2D eigenvalue weighted by molar-refractivity contribution is 0.661. The molecule has 0 unspecified atom stereocenters. The molecule has 10 aromatic rings. The van der Waals surface area contributed by atoms with Crippen molar-refractivity contribution in [2.75, 3.05) is 4.90 Å². The molecule has 3 nitrogen and oxygen atoms in total. The van der Waals surface area contributed by atoms with Crippen LogP contribution in [-0.2, 0) is 5.41 Å². The summed E-state index contributed by atoms with van der Waals surface area (Å²) < 4.78 is 13.4. The lowest BCUT2D eigenvalue weighted by Crippen LogP contribution is -2.20. The van der Waals surface area contributed by atoms with Gasteiger partial charge in [0.05, 0.1) is 16.8 Å². The molecule has 1 aliphatic rings. The fourth-order valence-electron chi connectivity index (χ4n) is 9.04. The lowest BCUT2D eigenvalue weighted by atomic mass is 9.81. The molecule has 0 bridgehead atoms. The van der Waals surface area contributed by atoms with Gasteiger partial charge in [0, 0.05) is 38.4 Å². The number of hydrogen-bond donors (Lipinski definition) is 0. The van der Waals surface area contributed by atoms with Crippen LogP contribution in [0.25, 0.3) is 77.3 Å². The Morgan fingerprint density at radius 2 is 1.02 bits per heavy atom. The maximum atomic E-state index is 6.90. The highest BCUT2D eigenvalue weighted by atomic mass is 16.3. The third-order valence-corrected chi connectivity index (χ3v) is 11.4. The Bertz CT molecular complexity index is 3090. The topological polar surface area (TPSA) is 29.5 Å². The van der Waals surface area contributed by atoms with Gasteiger partial charge in [-0.15, -0.1) is 0 Å². The summed E-state index contributed by atoms with van der Waals surface area (Å²) in [5.41, 5.74) is 16.2. The fraction of sp³-hybridized carbons (Fsp3) is 0.0588. The van der Waals surface area contributed by atoms with Crippen LogP contribution in [0.4, 0.5) is 17.1 Å². The molecule has 2 heterocycles. The van der Waals surface area contributed by atoms with Crippen molar-refractivity contribution in [2.24, 2.45) is 0 Å². The quantitative estimate of drug-likeness (QED) is 0.180. The van der Waals surface area contributed by atoms with E-state index >= 15 is 0 Å². The van der Waals surface area contributed by atoms with Crippen molar-refractivity contribution in [3.63, 3.8) is 0 Å². The van der Waals surface area contributed by atoms with E-state index in [4.69, 9.17) is 8.83 Å². The zero-order valence-electron chi connectivity index (χ0n) is 30.0. The fourth-order valence-corrected chi connectivity index (χ4v) is 9.04. The molecule has 0 saturated carbocycles. The highest BCUT2D eigenvalue weighted by Gasteiger charge is 2.39. The molecule has 0 atom stereocenters. The minimum absolute atomic E-state index is 0.198. The van der Waals surface area contributed by atoms with E-state index in [1.165, 1.54) is 27.9 Å². The zero-order chi connectivity index (χ0) is 36.0. The summed E-state index contributed by atoms with van der Waals surface area (Å²) in [6, 6.07) is 62.7. The largest absolute Gasteiger partial charge is 0.455 e. The van der Waals surface area contributed by atoms with E-state index in [1.54, 1.807) is 0 Å². The molecule has 256 valence electrons. The standard InChI is InChI=1S/C51H35NO2/c1-51(2)42-25-9-6-19-37(42)39-23-14-26-44(48(39)51)52(34-17-4-3-5-18-34)43-30-29-36(50-47(43)41-21-8-11-28-46(41)54-50)33-16-12-15-32(31-33)35-22-13-24-40-38-20-7-10-27-45(38)53-49(35)40/h3-31H,1-2H3. The predicted molar refractivity (Wildman–Crippen MR) is 224 cm³/mol. The Kier molecular flexibility index (Phi) is 6.60. The maximum absolute atomic E-state index is 6.90. The Morgan fingerprint density at radius 1 is 0.426 bits per heavy atom. The van der Waals surface area contributed by atoms with Crippen molar-refractivity contribution >= 4 is 60.9 Å². The number of nitrogens with zero attached hydrogens (tertiary/aromatic N) is 1. The molecule has 0 amide bonds. The second-order valence-electron chi connectivity index (χ2n) is 14.8. The number of para-hydroxylation sites is 4. The molecule has 0 saturated heterocycles. The molecule has 54 heavy (non-hydrogen) atoms. The van der Waals surface area contributed by atoms with Crippen LogP contribution in [0, 0.1) is 0 Å². The van der Waals surface area contributed by atoms with Gasteiger partial charge in [-0.05, 0) is 81.9 Å². The third kappa shape index (κ3) is 4.42. The number of furan rings is 2. The van der Waals surface area contributed by atoms with E-state index < -0.39 is 0 Å². The van der Waals surface area contributed by atoms with E-state index in [0.717, 1.165) is 77.5 Å². The van der Waals surface area contributed by atoms with Gasteiger partial charge in [0.25, 0.3) is 0 Å². The van der Waals surface area contributed by atoms with Gasteiger partial charge < -0.3 is 13.7 Å². The number of fused-ring (bicyclic) bond motifs is 9. The summed E-state index contributed by atoms with van der Waals surface area (Å²) in [5, 5.41) is 4.42. The van der Waals surface area contributed by atoms with Gasteiger partial charge in [0.2, 0.25) is 0 Å². The van der Waals surface area contributed by atoms with Crippen LogP contribution in [0.5, 0.6) is 0 Å². The summed E-state index contributed by atoms with van der Waals surface area (Å²) in [7, 11) is 0. The van der Waals surface area contributed by atoms with Gasteiger partial charge in [-0.3, -0.25) is 0 Å². The molecule has 0 N–H and O–H groups in total. The van der Waals surface area contributed by atoms with Gasteiger partial charge >= 0.3 is 0 Å². The molecule has 8 aromatic carbocycles. The monoisotopic (exact) mass is 693 g/mol. The molecular weight excluding hydrogens is 659 g/mol. The molecule has 2 aromatic heterocycles. The van der Waals surface area contributed by atoms with E-state index in [2.05, 4.69) is 183 Å². The second kappa shape index (κ2) is 11.6. The molecule has 1 aliphatic carbocycles. The van der Waals surface area contributed by atoms with Crippen LogP contribution in [0.15, 0.2) is 185 Å². The second-order valence-corrected chi connectivity index (χ2v) is 14.8. The van der Waals surface area contributed by atoms with Crippen molar-refractivity contribution in [3.8, 4) is 33.4 Å². The van der Waals surface area contributed by atoms with Crippen LogP contribution < -0.4 is 4.90 Å². The first kappa shape index (κ1) is 30.8. The number of rotatable bonds is 5. The van der Waals surface area contributed by atoms with Crippen molar-refractivity contribution in [2.45, 2.75) is 19.3 Å². The third-order valence-electron chi connectivity index (χ3n) is 11.4. The summed E-state index contributed by atoms with van der Waals surface area (Å²) in [6.45, 7) is 4.71. The Balaban J connectivity index is 1.15. The normalized spacial score (nSPS) is 13.1. The van der Waals surface area contributed by atoms with E-state index in [-0.39, 0.29) is 5.41 Å². The van der Waals surface area contributed by atoms with Crippen molar-refractivity contribution in [3.05, 3.63) is 187 Å². The van der Waals surface area contributed by atoms with Gasteiger partial charge in [0.1, 0.15) is 22.3 Å². The predicted octanol–water partition coefficient (Wildman–Crippen LogP) is 14.6. The summed E-state index contributed by atoms with van der Waals surface area (Å²) in [5.74, 6) is 0. The van der Waals surface area contributed by atoms with E-state index in [9.17, 15) is 0 Å². The molecule has 0 fully saturated rings. The average molecular weight is 694 g/mol. The van der Waals surface area contributed by atoms with Crippen LogP contribution in [-0.4, -0.2) is 0 Å². The molecule has 11 rings (SSSR count). The minimum Gasteiger partial charge on any atom is -0.455 e. The van der Waals surface area contributed by atoms with E-state index in [1.807, 2.05) is 12.1 Å². The highest BCUT2D eigenvalue weighted by molar-refractivity contribution is 6.17. The lowest BCUT2D eigenvalue weighted by Gasteiger charge is -2.32. The molecular formula is C51H35NO2. The van der Waals surface area contributed by atoms with Gasteiger partial charge in [-0.2, -0.15) is 0 Å². The Morgan fingerprint density at radius 3 is 1.85 bits per heavy atom. The molecule has 0 spiro atoms. The highest BCUT2D eigenvalue weighted by Crippen LogP contribution is 2.55. The van der Waals surface area contributed by atoms with Gasteiger partial charge in [0.15, 0.2) is 0 Å². The van der Waals surface area contributed by atoms with Crippen LogP contribution >= 0.6 is 0 Å².